The predicted molar refractivity (Wildman–Crippen MR) is 89.5 cm³/mol. The van der Waals surface area contributed by atoms with E-state index in [0.717, 1.165) is 11.3 Å². The molecule has 7 heteroatoms. The minimum absolute atomic E-state index is 0.288. The Bertz CT molecular complexity index is 639. The van der Waals surface area contributed by atoms with E-state index in [0.29, 0.717) is 9.23 Å². The van der Waals surface area contributed by atoms with Crippen LogP contribution in [0.1, 0.15) is 12.5 Å². The van der Waals surface area contributed by atoms with Crippen LogP contribution in [0.5, 0.6) is 5.75 Å². The van der Waals surface area contributed by atoms with Gasteiger partial charge in [0.15, 0.2) is 0 Å². The molecule has 1 aliphatic rings. The highest BCUT2D eigenvalue weighted by molar-refractivity contribution is 8.26. The number of carbonyl (C=O) groups excluding carboxylic acids is 2. The molecular weight excluding hydrogens is 322 g/mol. The minimum atomic E-state index is -0.737. The van der Waals surface area contributed by atoms with Crippen molar-refractivity contribution in [3.05, 3.63) is 34.7 Å². The first-order valence-electron chi connectivity index (χ1n) is 6.47. The Labute approximate surface area is 138 Å². The Morgan fingerprint density at radius 3 is 2.50 bits per heavy atom. The highest BCUT2D eigenvalue weighted by atomic mass is 32.2. The molecule has 116 valence electrons. The fourth-order valence-corrected chi connectivity index (χ4v) is 3.36. The Morgan fingerprint density at radius 1 is 1.32 bits per heavy atom. The highest BCUT2D eigenvalue weighted by Crippen LogP contribution is 2.34. The smallest absolute Gasteiger partial charge is 0.328 e. The molecule has 1 amide bonds. The number of carbonyl (C=O) groups is 2. The lowest BCUT2D eigenvalue weighted by Crippen LogP contribution is -2.42. The van der Waals surface area contributed by atoms with Crippen molar-refractivity contribution in [3.63, 3.8) is 0 Å². The monoisotopic (exact) mass is 337 g/mol. The number of benzene rings is 1. The number of nitrogens with zero attached hydrogens (tertiary/aromatic N) is 1. The van der Waals surface area contributed by atoms with E-state index in [1.807, 2.05) is 24.3 Å². The second kappa shape index (κ2) is 6.93. The first-order chi connectivity index (χ1) is 10.5. The van der Waals surface area contributed by atoms with Crippen molar-refractivity contribution in [3.8, 4) is 5.75 Å². The molecule has 1 fully saturated rings. The van der Waals surface area contributed by atoms with E-state index in [2.05, 4.69) is 4.74 Å². The van der Waals surface area contributed by atoms with Gasteiger partial charge >= 0.3 is 5.97 Å². The topological polar surface area (TPSA) is 55.8 Å². The number of rotatable bonds is 4. The van der Waals surface area contributed by atoms with E-state index >= 15 is 0 Å². The molecule has 0 N–H and O–H groups in total. The number of hydrogen-bond acceptors (Lipinski definition) is 6. The number of thiocarbonyl (C=S) groups is 1. The van der Waals surface area contributed by atoms with Gasteiger partial charge in [-0.1, -0.05) is 36.1 Å². The molecule has 0 saturated carbocycles. The normalized spacial score (nSPS) is 17.8. The number of methoxy groups -OCH3 is 2. The van der Waals surface area contributed by atoms with E-state index in [1.165, 1.54) is 23.8 Å². The molecule has 0 spiro atoms. The van der Waals surface area contributed by atoms with Crippen molar-refractivity contribution in [1.82, 2.24) is 4.90 Å². The van der Waals surface area contributed by atoms with Gasteiger partial charge in [-0.3, -0.25) is 9.69 Å². The maximum Gasteiger partial charge on any atom is 0.328 e. The summed E-state index contributed by atoms with van der Waals surface area (Å²) in [6.45, 7) is 1.59. The van der Waals surface area contributed by atoms with Crippen LogP contribution in [0.2, 0.25) is 0 Å². The summed E-state index contributed by atoms with van der Waals surface area (Å²) >= 11 is 6.37. The molecule has 1 aromatic carbocycles. The third-order valence-corrected chi connectivity index (χ3v) is 4.50. The molecule has 1 aliphatic heterocycles. The molecule has 5 nitrogen and oxygen atoms in total. The lowest BCUT2D eigenvalue weighted by molar-refractivity contribution is -0.147. The van der Waals surface area contributed by atoms with E-state index < -0.39 is 12.0 Å². The van der Waals surface area contributed by atoms with Crippen LogP contribution in [0, 0.1) is 0 Å². The zero-order valence-corrected chi connectivity index (χ0v) is 14.0. The largest absolute Gasteiger partial charge is 0.497 e. The number of ether oxygens (including phenoxy) is 2. The van der Waals surface area contributed by atoms with Crippen LogP contribution in [-0.4, -0.2) is 41.4 Å². The van der Waals surface area contributed by atoms with E-state index in [1.54, 1.807) is 20.1 Å². The quantitative estimate of drug-likeness (QED) is 0.478. The Morgan fingerprint density at radius 2 is 1.95 bits per heavy atom. The van der Waals surface area contributed by atoms with Crippen LogP contribution in [-0.2, 0) is 14.3 Å². The zero-order chi connectivity index (χ0) is 16.3. The average Bonchev–Trinajstić information content (AvgIpc) is 2.80. The van der Waals surface area contributed by atoms with Gasteiger partial charge in [0, 0.05) is 0 Å². The van der Waals surface area contributed by atoms with Crippen LogP contribution in [0.3, 0.4) is 0 Å². The molecule has 22 heavy (non-hydrogen) atoms. The van der Waals surface area contributed by atoms with E-state index in [4.69, 9.17) is 17.0 Å². The zero-order valence-electron chi connectivity index (χ0n) is 12.4. The summed E-state index contributed by atoms with van der Waals surface area (Å²) in [5.41, 5.74) is 0.854. The molecule has 0 aliphatic carbocycles. The van der Waals surface area contributed by atoms with E-state index in [-0.39, 0.29) is 5.91 Å². The van der Waals surface area contributed by atoms with Crippen molar-refractivity contribution >= 4 is 46.3 Å². The fourth-order valence-electron chi connectivity index (χ4n) is 1.94. The molecule has 1 aromatic rings. The summed E-state index contributed by atoms with van der Waals surface area (Å²) in [5, 5.41) is 0. The van der Waals surface area contributed by atoms with Crippen molar-refractivity contribution < 1.29 is 19.1 Å². The molecule has 1 heterocycles. The molecule has 1 unspecified atom stereocenters. The van der Waals surface area contributed by atoms with Crippen LogP contribution in [0.25, 0.3) is 6.08 Å². The summed E-state index contributed by atoms with van der Waals surface area (Å²) in [6.07, 6.45) is 1.74. The highest BCUT2D eigenvalue weighted by Gasteiger charge is 2.38. The number of hydrogen-bond donors (Lipinski definition) is 0. The fraction of sp³-hybridized carbons (Fsp3) is 0.267. The van der Waals surface area contributed by atoms with Crippen molar-refractivity contribution in [1.29, 1.82) is 0 Å². The molecule has 0 aromatic heterocycles. The number of amides is 1. The SMILES string of the molecule is COC(=O)C(C)N1C(=O)/C(=C/c2ccc(OC)cc2)SC1=S. The van der Waals surface area contributed by atoms with Crippen molar-refractivity contribution in [2.24, 2.45) is 0 Å². The third-order valence-electron chi connectivity index (χ3n) is 3.17. The molecule has 0 radical (unpaired) electrons. The maximum absolute atomic E-state index is 12.4. The first kappa shape index (κ1) is 16.5. The van der Waals surface area contributed by atoms with Crippen LogP contribution < -0.4 is 4.74 Å². The standard InChI is InChI=1S/C15H15NO4S2/c1-9(14(18)20-3)16-13(17)12(22-15(16)21)8-10-4-6-11(19-2)7-5-10/h4-9H,1-3H3/b12-8-. The first-order valence-corrected chi connectivity index (χ1v) is 7.69. The minimum Gasteiger partial charge on any atom is -0.497 e. The van der Waals surface area contributed by atoms with Gasteiger partial charge in [0.05, 0.1) is 19.1 Å². The van der Waals surface area contributed by atoms with Crippen molar-refractivity contribution in [2.75, 3.05) is 14.2 Å². The molecule has 0 bridgehead atoms. The summed E-state index contributed by atoms with van der Waals surface area (Å²) in [6, 6.07) is 6.57. The number of thioether (sulfide) groups is 1. The van der Waals surface area contributed by atoms with Gasteiger partial charge < -0.3 is 9.47 Å². The molecule has 1 atom stereocenters. The Hall–Kier alpha value is -1.86. The van der Waals surface area contributed by atoms with Gasteiger partial charge in [0.2, 0.25) is 0 Å². The lowest BCUT2D eigenvalue weighted by atomic mass is 10.2. The van der Waals surface area contributed by atoms with Gasteiger partial charge in [-0.05, 0) is 30.7 Å². The Kier molecular flexibility index (Phi) is 5.20. The predicted octanol–water partition coefficient (Wildman–Crippen LogP) is 2.46. The van der Waals surface area contributed by atoms with E-state index in [9.17, 15) is 9.59 Å². The second-order valence-corrected chi connectivity index (χ2v) is 6.20. The van der Waals surface area contributed by atoms with Crippen LogP contribution >= 0.6 is 24.0 Å². The van der Waals surface area contributed by atoms with Gasteiger partial charge in [-0.15, -0.1) is 0 Å². The second-order valence-electron chi connectivity index (χ2n) is 4.52. The molecule has 1 saturated heterocycles. The van der Waals surface area contributed by atoms with Gasteiger partial charge in [0.25, 0.3) is 5.91 Å². The maximum atomic E-state index is 12.4. The molecule has 2 rings (SSSR count). The van der Waals surface area contributed by atoms with Gasteiger partial charge in [0.1, 0.15) is 16.1 Å². The Balaban J connectivity index is 2.23. The lowest BCUT2D eigenvalue weighted by Gasteiger charge is -2.20. The van der Waals surface area contributed by atoms with Crippen LogP contribution in [0.4, 0.5) is 0 Å². The van der Waals surface area contributed by atoms with Crippen LogP contribution in [0.15, 0.2) is 29.2 Å². The van der Waals surface area contributed by atoms with Gasteiger partial charge in [-0.2, -0.15) is 0 Å². The summed E-state index contributed by atoms with van der Waals surface area (Å²) in [7, 11) is 2.87. The van der Waals surface area contributed by atoms with Crippen molar-refractivity contribution in [2.45, 2.75) is 13.0 Å². The molecular formula is C15H15NO4S2. The van der Waals surface area contributed by atoms with Gasteiger partial charge in [-0.25, -0.2) is 4.79 Å². The summed E-state index contributed by atoms with van der Waals surface area (Å²) in [4.78, 5) is 25.8. The average molecular weight is 337 g/mol. The third kappa shape index (κ3) is 3.31. The summed E-state index contributed by atoms with van der Waals surface area (Å²) < 4.78 is 10.1. The number of esters is 1. The summed E-state index contributed by atoms with van der Waals surface area (Å²) in [5.74, 6) is -0.0465.